The lowest BCUT2D eigenvalue weighted by molar-refractivity contribution is -0.148. The lowest BCUT2D eigenvalue weighted by Gasteiger charge is -2.45. The zero-order chi connectivity index (χ0) is 41.5. The van der Waals surface area contributed by atoms with Crippen LogP contribution in [0.3, 0.4) is 0 Å². The maximum absolute atomic E-state index is 16.8. The van der Waals surface area contributed by atoms with Crippen molar-refractivity contribution in [1.29, 1.82) is 0 Å². The molecule has 1 N–H and O–H groups in total. The summed E-state index contributed by atoms with van der Waals surface area (Å²) in [5, 5.41) is 2.12. The second-order valence-corrected chi connectivity index (χ2v) is 20.4. The lowest BCUT2D eigenvalue weighted by Crippen LogP contribution is -2.67. The van der Waals surface area contributed by atoms with Crippen molar-refractivity contribution in [3.8, 4) is 5.75 Å². The highest BCUT2D eigenvalue weighted by Gasteiger charge is 2.52. The largest absolute Gasteiger partial charge is 0.493 e. The first-order valence-corrected chi connectivity index (χ1v) is 22.0. The molecule has 0 bridgehead atoms. The number of nitrogens with one attached hydrogen (secondary N) is 1. The van der Waals surface area contributed by atoms with Crippen molar-refractivity contribution in [3.63, 3.8) is 0 Å². The topological polar surface area (TPSA) is 73.0 Å². The third kappa shape index (κ3) is 9.52. The third-order valence-electron chi connectivity index (χ3n) is 10.9. The number of ether oxygens (including phenoxy) is 3. The average Bonchev–Trinajstić information content (AvgIpc) is 3.55. The van der Waals surface area contributed by atoms with E-state index in [9.17, 15) is 4.79 Å². The fourth-order valence-corrected chi connectivity index (χ4v) is 12.9. The second-order valence-electron chi connectivity index (χ2n) is 16.1. The molecule has 0 aliphatic carbocycles. The molecule has 12 heteroatoms. The standard InChI is InChI=1S/C46H54F4N2O5Si/c1-6-55-41(53)29-54-24-16-9-17-25-56-33-27-38(47)42(39(48)28-33)44-43-37(36-22-14-15-23-40(36)51-43)26-32(2)52(44)30-46(49,50)31-57-58(45(3,4)5,34-18-10-7-11-19-34)35-20-12-8-13-21-35/h7-8,10-15,18-23,27-28,32,44,51H,6,9,16-17,24-26,29-31H2,1-5H3/t32-,44-/m1/s1. The summed E-state index contributed by atoms with van der Waals surface area (Å²) in [6.07, 6.45) is 2.36. The Bertz CT molecular complexity index is 2060. The molecule has 0 amide bonds. The molecule has 2 heterocycles. The monoisotopic (exact) mass is 818 g/mol. The van der Waals surface area contributed by atoms with E-state index in [-0.39, 0.29) is 24.5 Å². The van der Waals surface area contributed by atoms with Crippen LogP contribution in [-0.2, 0) is 25.1 Å². The zero-order valence-corrected chi connectivity index (χ0v) is 35.0. The number of benzene rings is 4. The van der Waals surface area contributed by atoms with E-state index in [0.29, 0.717) is 44.6 Å². The van der Waals surface area contributed by atoms with Crippen LogP contribution in [-0.4, -0.2) is 75.7 Å². The number of hydrogen-bond donors (Lipinski definition) is 1. The summed E-state index contributed by atoms with van der Waals surface area (Å²) in [6.45, 7) is 8.71. The van der Waals surface area contributed by atoms with Gasteiger partial charge in [0.1, 0.15) is 24.0 Å². The van der Waals surface area contributed by atoms with Crippen molar-refractivity contribution in [2.24, 2.45) is 0 Å². The van der Waals surface area contributed by atoms with Gasteiger partial charge in [0.2, 0.25) is 0 Å². The predicted octanol–water partition coefficient (Wildman–Crippen LogP) is 9.12. The molecule has 0 radical (unpaired) electrons. The van der Waals surface area contributed by atoms with E-state index in [1.54, 1.807) is 6.92 Å². The Morgan fingerprint density at radius 3 is 2.09 bits per heavy atom. The van der Waals surface area contributed by atoms with Gasteiger partial charge in [0.15, 0.2) is 0 Å². The van der Waals surface area contributed by atoms with E-state index in [1.807, 2.05) is 113 Å². The van der Waals surface area contributed by atoms with Gasteiger partial charge in [-0.2, -0.15) is 0 Å². The zero-order valence-electron chi connectivity index (χ0n) is 34.0. The van der Waals surface area contributed by atoms with Gasteiger partial charge in [0.05, 0.1) is 32.4 Å². The molecule has 0 fully saturated rings. The quantitative estimate of drug-likeness (QED) is 0.0412. The highest BCUT2D eigenvalue weighted by Crippen LogP contribution is 2.45. The summed E-state index contributed by atoms with van der Waals surface area (Å²) < 4.78 is 89.0. The van der Waals surface area contributed by atoms with Crippen LogP contribution in [0.15, 0.2) is 97.1 Å². The number of unbranched alkanes of at least 4 members (excludes halogenated alkanes) is 2. The van der Waals surface area contributed by atoms with E-state index in [0.717, 1.165) is 39.0 Å². The Morgan fingerprint density at radius 2 is 1.47 bits per heavy atom. The van der Waals surface area contributed by atoms with Crippen LogP contribution in [0.2, 0.25) is 5.04 Å². The van der Waals surface area contributed by atoms with Gasteiger partial charge in [-0.05, 0) is 66.6 Å². The van der Waals surface area contributed by atoms with Crippen LogP contribution in [0, 0.1) is 11.6 Å². The SMILES string of the molecule is CCOC(=O)COCCCCCOc1cc(F)c([C@@H]2c3[nH]c4ccccc4c3C[C@@H](C)N2CC(F)(F)CO[Si](c2ccccc2)(c2ccccc2)C(C)(C)C)c(F)c1. The number of para-hydroxylation sites is 1. The lowest BCUT2D eigenvalue weighted by atomic mass is 9.87. The number of rotatable bonds is 18. The van der Waals surface area contributed by atoms with Gasteiger partial charge in [0.25, 0.3) is 14.2 Å². The van der Waals surface area contributed by atoms with Gasteiger partial charge in [-0.15, -0.1) is 0 Å². The van der Waals surface area contributed by atoms with Gasteiger partial charge >= 0.3 is 5.97 Å². The highest BCUT2D eigenvalue weighted by atomic mass is 28.4. The van der Waals surface area contributed by atoms with Crippen LogP contribution < -0.4 is 15.1 Å². The molecular formula is C46H54F4N2O5Si. The number of nitrogens with zero attached hydrogens (tertiary/aromatic N) is 1. The Labute approximate surface area is 339 Å². The van der Waals surface area contributed by atoms with Crippen LogP contribution in [0.25, 0.3) is 10.9 Å². The van der Waals surface area contributed by atoms with Gasteiger partial charge in [-0.3, -0.25) is 4.90 Å². The molecule has 7 nitrogen and oxygen atoms in total. The Balaban J connectivity index is 1.26. The molecule has 6 rings (SSSR count). The molecule has 5 aromatic rings. The Morgan fingerprint density at radius 1 is 0.862 bits per heavy atom. The van der Waals surface area contributed by atoms with E-state index in [2.05, 4.69) is 4.98 Å². The molecule has 4 aromatic carbocycles. The molecule has 0 unspecified atom stereocenters. The van der Waals surface area contributed by atoms with Crippen LogP contribution >= 0.6 is 0 Å². The fraction of sp³-hybridized carbons (Fsp3) is 0.413. The first-order chi connectivity index (χ1) is 27.8. The van der Waals surface area contributed by atoms with Gasteiger partial charge in [-0.25, -0.2) is 22.4 Å². The van der Waals surface area contributed by atoms with Gasteiger partial charge < -0.3 is 23.6 Å². The van der Waals surface area contributed by atoms with Crippen molar-refractivity contribution in [1.82, 2.24) is 9.88 Å². The van der Waals surface area contributed by atoms with Crippen molar-refractivity contribution in [3.05, 3.63) is 126 Å². The number of carbonyl (C=O) groups is 1. The van der Waals surface area contributed by atoms with Crippen molar-refractivity contribution >= 4 is 35.6 Å². The first-order valence-electron chi connectivity index (χ1n) is 20.1. The average molecular weight is 819 g/mol. The van der Waals surface area contributed by atoms with Crippen LogP contribution in [0.1, 0.15) is 76.7 Å². The summed E-state index contributed by atoms with van der Waals surface area (Å²) in [6, 6.07) is 27.3. The van der Waals surface area contributed by atoms with E-state index >= 15 is 17.6 Å². The number of halogens is 4. The van der Waals surface area contributed by atoms with Crippen molar-refractivity contribution in [2.45, 2.75) is 83.3 Å². The fourth-order valence-electron chi connectivity index (χ4n) is 8.29. The minimum absolute atomic E-state index is 0.00798. The molecule has 310 valence electrons. The molecule has 0 saturated carbocycles. The smallest absolute Gasteiger partial charge is 0.332 e. The number of aromatic nitrogens is 1. The highest BCUT2D eigenvalue weighted by molar-refractivity contribution is 6.99. The van der Waals surface area contributed by atoms with Crippen LogP contribution in [0.5, 0.6) is 5.75 Å². The predicted molar refractivity (Wildman–Crippen MR) is 222 cm³/mol. The summed E-state index contributed by atoms with van der Waals surface area (Å²) in [4.78, 5) is 16.3. The molecule has 0 spiro atoms. The number of alkyl halides is 2. The third-order valence-corrected chi connectivity index (χ3v) is 15.9. The molecular weight excluding hydrogens is 765 g/mol. The molecule has 1 aliphatic rings. The molecule has 1 aromatic heterocycles. The Hall–Kier alpha value is -4.49. The van der Waals surface area contributed by atoms with Crippen molar-refractivity contribution < 1.29 is 41.0 Å². The minimum Gasteiger partial charge on any atom is -0.493 e. The number of esters is 1. The minimum atomic E-state index is -3.41. The van der Waals surface area contributed by atoms with E-state index in [4.69, 9.17) is 18.6 Å². The maximum Gasteiger partial charge on any atom is 0.332 e. The van der Waals surface area contributed by atoms with Crippen LogP contribution in [0.4, 0.5) is 17.6 Å². The maximum atomic E-state index is 16.8. The molecule has 0 saturated heterocycles. The normalized spacial score (nSPS) is 16.4. The van der Waals surface area contributed by atoms with E-state index in [1.165, 1.54) is 4.90 Å². The number of fused-ring (bicyclic) bond motifs is 3. The number of H-pyrrole nitrogens is 1. The molecule has 58 heavy (non-hydrogen) atoms. The molecule has 2 atom stereocenters. The van der Waals surface area contributed by atoms with Gasteiger partial charge in [-0.1, -0.05) is 99.6 Å². The second kappa shape index (κ2) is 18.6. The summed E-state index contributed by atoms with van der Waals surface area (Å²) in [5.41, 5.74) is 1.77. The summed E-state index contributed by atoms with van der Waals surface area (Å²) in [7, 11) is -3.32. The first kappa shape index (κ1) is 43.1. The number of aromatic amines is 1. The van der Waals surface area contributed by atoms with Crippen molar-refractivity contribution in [2.75, 3.05) is 39.6 Å². The number of carbonyl (C=O) groups excluding carboxylic acids is 1. The van der Waals surface area contributed by atoms with E-state index < -0.39 is 62.1 Å². The molecule has 1 aliphatic heterocycles. The summed E-state index contributed by atoms with van der Waals surface area (Å²) >= 11 is 0. The summed E-state index contributed by atoms with van der Waals surface area (Å²) in [5.74, 6) is -5.60. The number of hydrogen-bond acceptors (Lipinski definition) is 6. The van der Waals surface area contributed by atoms with Gasteiger partial charge in [0, 0.05) is 46.9 Å². The Kier molecular flexibility index (Phi) is 13.8.